The first kappa shape index (κ1) is 23.6. The van der Waals surface area contributed by atoms with Crippen molar-refractivity contribution in [2.24, 2.45) is 0 Å². The monoisotopic (exact) mass is 457 g/mol. The largest absolute Gasteiger partial charge is 0.444 e. The van der Waals surface area contributed by atoms with E-state index in [1.54, 1.807) is 12.1 Å². The van der Waals surface area contributed by atoms with E-state index in [4.69, 9.17) is 9.47 Å². The summed E-state index contributed by atoms with van der Waals surface area (Å²) in [7, 11) is 0. The number of hydrogen-bond donors (Lipinski definition) is 0. The number of carbonyl (C=O) groups excluding carboxylic acids is 2. The van der Waals surface area contributed by atoms with Gasteiger partial charge >= 0.3 is 12.2 Å². The molecule has 2 amide bonds. The Labute approximate surface area is 189 Å². The quantitative estimate of drug-likeness (QED) is 0.412. The van der Waals surface area contributed by atoms with E-state index in [1.165, 1.54) is 36.4 Å². The van der Waals surface area contributed by atoms with Gasteiger partial charge in [-0.1, -0.05) is 43.5 Å². The molecule has 33 heavy (non-hydrogen) atoms. The van der Waals surface area contributed by atoms with Crippen molar-refractivity contribution in [1.29, 1.82) is 0 Å². The van der Waals surface area contributed by atoms with E-state index >= 15 is 0 Å². The molecule has 0 unspecified atom stereocenters. The topological polar surface area (TPSA) is 142 Å². The van der Waals surface area contributed by atoms with Crippen LogP contribution >= 0.6 is 0 Å². The van der Waals surface area contributed by atoms with Crippen LogP contribution in [0.15, 0.2) is 48.5 Å². The summed E-state index contributed by atoms with van der Waals surface area (Å²) < 4.78 is 10.5. The highest BCUT2D eigenvalue weighted by atomic mass is 16.6. The van der Waals surface area contributed by atoms with E-state index in [-0.39, 0.29) is 22.5 Å². The van der Waals surface area contributed by atoms with Crippen molar-refractivity contribution in [2.75, 3.05) is 0 Å². The van der Waals surface area contributed by atoms with E-state index in [2.05, 4.69) is 0 Å². The first-order chi connectivity index (χ1) is 15.9. The number of carbonyl (C=O) groups is 2. The number of rotatable bonds is 7. The average molecular weight is 457 g/mol. The van der Waals surface area contributed by atoms with E-state index in [1.807, 2.05) is 0 Å². The van der Waals surface area contributed by atoms with E-state index in [0.29, 0.717) is 12.8 Å². The van der Waals surface area contributed by atoms with Gasteiger partial charge in [-0.25, -0.2) is 14.5 Å². The zero-order valence-electron chi connectivity index (χ0n) is 17.8. The standard InChI is InChI=1S/C22H23N3O8/c26-21(32-14-16-8-4-6-12-19(16)24(28)29)23(18-10-2-1-3-11-18)22(27)33-15-17-9-5-7-13-20(17)25(30)31/h4-9,12-13,18H,1-3,10-11,14-15H2. The number of nitro groups is 2. The van der Waals surface area contributed by atoms with Crippen molar-refractivity contribution >= 4 is 23.6 Å². The summed E-state index contributed by atoms with van der Waals surface area (Å²) in [6.45, 7) is -0.784. The fourth-order valence-electron chi connectivity index (χ4n) is 3.75. The molecule has 1 fully saturated rings. The normalized spacial score (nSPS) is 13.7. The summed E-state index contributed by atoms with van der Waals surface area (Å²) >= 11 is 0. The van der Waals surface area contributed by atoms with Gasteiger partial charge in [-0.05, 0) is 25.0 Å². The molecule has 11 nitrogen and oxygen atoms in total. The lowest BCUT2D eigenvalue weighted by Gasteiger charge is -2.31. The highest BCUT2D eigenvalue weighted by Gasteiger charge is 2.34. The number of nitrogens with zero attached hydrogens (tertiary/aromatic N) is 3. The predicted molar refractivity (Wildman–Crippen MR) is 115 cm³/mol. The second-order valence-electron chi connectivity index (χ2n) is 7.54. The van der Waals surface area contributed by atoms with Gasteiger partial charge in [0.2, 0.25) is 0 Å². The number of ether oxygens (including phenoxy) is 2. The van der Waals surface area contributed by atoms with E-state index in [0.717, 1.165) is 24.2 Å². The van der Waals surface area contributed by atoms with Crippen LogP contribution in [0.2, 0.25) is 0 Å². The lowest BCUT2D eigenvalue weighted by molar-refractivity contribution is -0.386. The van der Waals surface area contributed by atoms with Gasteiger partial charge in [-0.3, -0.25) is 20.2 Å². The number of benzene rings is 2. The lowest BCUT2D eigenvalue weighted by atomic mass is 9.95. The van der Waals surface area contributed by atoms with Gasteiger partial charge in [0.05, 0.1) is 21.0 Å². The molecule has 0 N–H and O–H groups in total. The first-order valence-corrected chi connectivity index (χ1v) is 10.5. The lowest BCUT2D eigenvalue weighted by Crippen LogP contribution is -2.46. The highest BCUT2D eigenvalue weighted by molar-refractivity contribution is 5.88. The average Bonchev–Trinajstić information content (AvgIpc) is 2.82. The molecule has 174 valence electrons. The van der Waals surface area contributed by atoms with Gasteiger partial charge in [0.1, 0.15) is 13.2 Å². The molecule has 0 spiro atoms. The van der Waals surface area contributed by atoms with Crippen LogP contribution in [0.5, 0.6) is 0 Å². The van der Waals surface area contributed by atoms with Gasteiger partial charge in [-0.2, -0.15) is 0 Å². The van der Waals surface area contributed by atoms with E-state index < -0.39 is 41.3 Å². The molecule has 2 aromatic carbocycles. The Balaban J connectivity index is 1.73. The minimum absolute atomic E-state index is 0.188. The van der Waals surface area contributed by atoms with Crippen LogP contribution in [0, 0.1) is 20.2 Å². The Bertz CT molecular complexity index is 962. The molecule has 0 heterocycles. The Morgan fingerprint density at radius 2 is 1.21 bits per heavy atom. The molecule has 11 heteroatoms. The zero-order chi connectivity index (χ0) is 23.8. The second-order valence-corrected chi connectivity index (χ2v) is 7.54. The Morgan fingerprint density at radius 3 is 1.64 bits per heavy atom. The van der Waals surface area contributed by atoms with Crippen molar-refractivity contribution in [3.05, 3.63) is 79.9 Å². The maximum absolute atomic E-state index is 12.8. The molecule has 0 bridgehead atoms. The van der Waals surface area contributed by atoms with Crippen molar-refractivity contribution < 1.29 is 28.9 Å². The van der Waals surface area contributed by atoms with Gasteiger partial charge < -0.3 is 9.47 Å². The molecular weight excluding hydrogens is 434 g/mol. The number of amides is 2. The van der Waals surface area contributed by atoms with Crippen LogP contribution in [-0.4, -0.2) is 33.0 Å². The van der Waals surface area contributed by atoms with Gasteiger partial charge in [-0.15, -0.1) is 0 Å². The van der Waals surface area contributed by atoms with Crippen LogP contribution in [0.3, 0.4) is 0 Å². The maximum Gasteiger partial charge on any atom is 0.419 e. The summed E-state index contributed by atoms with van der Waals surface area (Å²) in [4.78, 5) is 47.8. The molecule has 0 saturated heterocycles. The van der Waals surface area contributed by atoms with Gasteiger partial charge in [0, 0.05) is 18.2 Å². The Morgan fingerprint density at radius 1 is 0.788 bits per heavy atom. The van der Waals surface area contributed by atoms with Crippen molar-refractivity contribution in [3.8, 4) is 0 Å². The molecule has 0 radical (unpaired) electrons. The molecule has 2 aromatic rings. The maximum atomic E-state index is 12.8. The van der Waals surface area contributed by atoms with Crippen LogP contribution in [-0.2, 0) is 22.7 Å². The van der Waals surface area contributed by atoms with Gasteiger partial charge in [0.15, 0.2) is 0 Å². The number of para-hydroxylation sites is 2. The zero-order valence-corrected chi connectivity index (χ0v) is 17.8. The van der Waals surface area contributed by atoms with Crippen molar-refractivity contribution in [1.82, 2.24) is 4.90 Å². The molecule has 0 aromatic heterocycles. The van der Waals surface area contributed by atoms with Crippen LogP contribution in [0.4, 0.5) is 21.0 Å². The van der Waals surface area contributed by atoms with Crippen LogP contribution in [0.1, 0.15) is 43.2 Å². The SMILES string of the molecule is O=C(OCc1ccccc1[N+](=O)[O-])N(C(=O)OCc1ccccc1[N+](=O)[O-])C1CCCCC1. The smallest absolute Gasteiger partial charge is 0.419 e. The number of hydrogen-bond acceptors (Lipinski definition) is 8. The minimum Gasteiger partial charge on any atom is -0.444 e. The highest BCUT2D eigenvalue weighted by Crippen LogP contribution is 2.26. The molecule has 3 rings (SSSR count). The summed E-state index contributed by atoms with van der Waals surface area (Å²) in [6.07, 6.45) is 1.79. The molecule has 0 atom stereocenters. The second kappa shape index (κ2) is 11.0. The van der Waals surface area contributed by atoms with Crippen LogP contribution < -0.4 is 0 Å². The third-order valence-corrected chi connectivity index (χ3v) is 5.41. The van der Waals surface area contributed by atoms with Crippen molar-refractivity contribution in [3.63, 3.8) is 0 Å². The Hall–Kier alpha value is -4.02. The summed E-state index contributed by atoms with van der Waals surface area (Å²) in [5.41, 5.74) is -0.0256. The fraction of sp³-hybridized carbons (Fsp3) is 0.364. The molecule has 1 aliphatic carbocycles. The third-order valence-electron chi connectivity index (χ3n) is 5.41. The van der Waals surface area contributed by atoms with Crippen molar-refractivity contribution in [2.45, 2.75) is 51.4 Å². The summed E-state index contributed by atoms with van der Waals surface area (Å²) in [6, 6.07) is 11.2. The third kappa shape index (κ3) is 6.03. The predicted octanol–water partition coefficient (Wildman–Crippen LogP) is 5.11. The number of imide groups is 1. The number of nitro benzene ring substituents is 2. The molecule has 1 saturated carbocycles. The fourth-order valence-corrected chi connectivity index (χ4v) is 3.75. The Kier molecular flexibility index (Phi) is 7.90. The molecule has 1 aliphatic rings. The first-order valence-electron chi connectivity index (χ1n) is 10.5. The molecular formula is C22H23N3O8. The van der Waals surface area contributed by atoms with Gasteiger partial charge in [0.25, 0.3) is 11.4 Å². The van der Waals surface area contributed by atoms with Crippen LogP contribution in [0.25, 0.3) is 0 Å². The molecule has 0 aliphatic heterocycles. The minimum atomic E-state index is -0.979. The summed E-state index contributed by atoms with van der Waals surface area (Å²) in [5.74, 6) is 0. The van der Waals surface area contributed by atoms with E-state index in [9.17, 15) is 29.8 Å². The summed E-state index contributed by atoms with van der Waals surface area (Å²) in [5, 5.41) is 22.4.